The van der Waals surface area contributed by atoms with E-state index in [-0.39, 0.29) is 11.7 Å². The van der Waals surface area contributed by atoms with Crippen molar-refractivity contribution in [2.24, 2.45) is 0 Å². The van der Waals surface area contributed by atoms with Gasteiger partial charge in [0, 0.05) is 11.7 Å². The molecule has 138 valence electrons. The van der Waals surface area contributed by atoms with Crippen LogP contribution in [0.1, 0.15) is 29.2 Å². The second kappa shape index (κ2) is 7.26. The Morgan fingerprint density at radius 3 is 2.50 bits per heavy atom. The van der Waals surface area contributed by atoms with E-state index in [9.17, 15) is 18.0 Å². The van der Waals surface area contributed by atoms with Crippen LogP contribution in [0.15, 0.2) is 42.5 Å². The number of carbonyl (C=O) groups is 1. The minimum absolute atomic E-state index is 0.0484. The summed E-state index contributed by atoms with van der Waals surface area (Å²) >= 11 is 5.59. The highest BCUT2D eigenvalue weighted by molar-refractivity contribution is 6.31. The van der Waals surface area contributed by atoms with Crippen molar-refractivity contribution in [1.82, 2.24) is 10.9 Å². The quantitative estimate of drug-likeness (QED) is 0.744. The predicted octanol–water partition coefficient (Wildman–Crippen LogP) is 4.21. The molecule has 2 aromatic rings. The molecule has 1 aliphatic heterocycles. The van der Waals surface area contributed by atoms with Gasteiger partial charge in [-0.1, -0.05) is 41.4 Å². The molecule has 3 N–H and O–H groups in total. The molecule has 0 aromatic heterocycles. The van der Waals surface area contributed by atoms with Gasteiger partial charge in [0.2, 0.25) is 5.91 Å². The largest absolute Gasteiger partial charge is 0.417 e. The van der Waals surface area contributed by atoms with Crippen molar-refractivity contribution in [2.45, 2.75) is 31.6 Å². The highest BCUT2D eigenvalue weighted by atomic mass is 35.5. The summed E-state index contributed by atoms with van der Waals surface area (Å²) in [6.45, 7) is 1.99. The van der Waals surface area contributed by atoms with Crippen LogP contribution in [-0.2, 0) is 11.0 Å². The maximum Gasteiger partial charge on any atom is 0.417 e. The minimum Gasteiger partial charge on any atom is -0.325 e. The molecule has 0 bridgehead atoms. The summed E-state index contributed by atoms with van der Waals surface area (Å²) in [5.74, 6) is -0.414. The summed E-state index contributed by atoms with van der Waals surface area (Å²) in [5.41, 5.74) is 7.16. The molecule has 0 radical (unpaired) electrons. The zero-order chi connectivity index (χ0) is 18.9. The lowest BCUT2D eigenvalue weighted by Gasteiger charge is -2.14. The van der Waals surface area contributed by atoms with Crippen LogP contribution in [0.4, 0.5) is 18.9 Å². The fourth-order valence-electron chi connectivity index (χ4n) is 2.80. The molecule has 2 atom stereocenters. The standard InChI is InChI=1S/C18H17ClF3N3O/c1-10-2-4-11(5-3-10)15-9-16(25-24-15)17(26)23-12-6-7-14(19)13(8-12)18(20,21)22/h2-8,15-16,24-25H,9H2,1H3,(H,23,26). The van der Waals surface area contributed by atoms with E-state index in [1.807, 2.05) is 31.2 Å². The molecule has 26 heavy (non-hydrogen) atoms. The second-order valence-electron chi connectivity index (χ2n) is 6.22. The lowest BCUT2D eigenvalue weighted by molar-refractivity contribution is -0.137. The van der Waals surface area contributed by atoms with Gasteiger partial charge < -0.3 is 5.32 Å². The third-order valence-corrected chi connectivity index (χ3v) is 4.57. The van der Waals surface area contributed by atoms with E-state index in [1.54, 1.807) is 0 Å². The van der Waals surface area contributed by atoms with E-state index < -0.39 is 28.7 Å². The Bertz CT molecular complexity index is 808. The molecule has 8 heteroatoms. The molecular weight excluding hydrogens is 367 g/mol. The van der Waals surface area contributed by atoms with Gasteiger partial charge in [-0.05, 0) is 37.1 Å². The normalized spacial score (nSPS) is 20.2. The van der Waals surface area contributed by atoms with E-state index in [2.05, 4.69) is 16.2 Å². The molecular formula is C18H17ClF3N3O. The third kappa shape index (κ3) is 4.17. The first kappa shape index (κ1) is 18.7. The number of benzene rings is 2. The third-order valence-electron chi connectivity index (χ3n) is 4.24. The second-order valence-corrected chi connectivity index (χ2v) is 6.63. The predicted molar refractivity (Wildman–Crippen MR) is 93.7 cm³/mol. The van der Waals surface area contributed by atoms with E-state index in [0.717, 1.165) is 23.3 Å². The van der Waals surface area contributed by atoms with Gasteiger partial charge >= 0.3 is 6.18 Å². The van der Waals surface area contributed by atoms with Crippen LogP contribution in [0.25, 0.3) is 0 Å². The van der Waals surface area contributed by atoms with Gasteiger partial charge in [-0.2, -0.15) is 13.2 Å². The summed E-state index contributed by atoms with van der Waals surface area (Å²) in [4.78, 5) is 12.4. The lowest BCUT2D eigenvalue weighted by Crippen LogP contribution is -2.39. The molecule has 1 heterocycles. The highest BCUT2D eigenvalue weighted by Gasteiger charge is 2.34. The number of anilines is 1. The molecule has 1 aliphatic rings. The number of hydrogen-bond acceptors (Lipinski definition) is 3. The zero-order valence-corrected chi connectivity index (χ0v) is 14.6. The summed E-state index contributed by atoms with van der Waals surface area (Å²) in [6.07, 6.45) is -4.10. The first-order valence-corrected chi connectivity index (χ1v) is 8.37. The number of nitrogens with one attached hydrogen (secondary N) is 3. The molecule has 0 spiro atoms. The summed E-state index contributed by atoms with van der Waals surface area (Å²) in [5, 5.41) is 2.10. The Labute approximate surface area is 153 Å². The Morgan fingerprint density at radius 2 is 1.85 bits per heavy atom. The average molecular weight is 384 g/mol. The van der Waals surface area contributed by atoms with Crippen LogP contribution in [-0.4, -0.2) is 11.9 Å². The van der Waals surface area contributed by atoms with E-state index in [4.69, 9.17) is 11.6 Å². The molecule has 1 amide bonds. The van der Waals surface area contributed by atoms with Gasteiger partial charge in [-0.3, -0.25) is 4.79 Å². The molecule has 1 saturated heterocycles. The van der Waals surface area contributed by atoms with Crippen LogP contribution in [0, 0.1) is 6.92 Å². The first-order valence-electron chi connectivity index (χ1n) is 7.99. The molecule has 3 rings (SSSR count). The Balaban J connectivity index is 1.67. The van der Waals surface area contributed by atoms with Crippen molar-refractivity contribution in [3.05, 3.63) is 64.2 Å². The van der Waals surface area contributed by atoms with Gasteiger partial charge in [0.25, 0.3) is 0 Å². The topological polar surface area (TPSA) is 53.2 Å². The Morgan fingerprint density at radius 1 is 1.15 bits per heavy atom. The number of carbonyl (C=O) groups excluding carboxylic acids is 1. The van der Waals surface area contributed by atoms with Crippen molar-refractivity contribution < 1.29 is 18.0 Å². The number of halogens is 4. The molecule has 1 fully saturated rings. The van der Waals surface area contributed by atoms with Gasteiger partial charge in [-0.25, -0.2) is 10.9 Å². The molecule has 0 saturated carbocycles. The fraction of sp³-hybridized carbons (Fsp3) is 0.278. The number of alkyl halides is 3. The number of aryl methyl sites for hydroxylation is 1. The Kier molecular flexibility index (Phi) is 5.22. The summed E-state index contributed by atoms with van der Waals surface area (Å²) < 4.78 is 38.7. The Hall–Kier alpha value is -2.09. The maximum atomic E-state index is 12.9. The van der Waals surface area contributed by atoms with Crippen LogP contribution in [0.3, 0.4) is 0 Å². The lowest BCUT2D eigenvalue weighted by atomic mass is 10.0. The number of rotatable bonds is 3. The van der Waals surface area contributed by atoms with Crippen LogP contribution >= 0.6 is 11.6 Å². The summed E-state index contributed by atoms with van der Waals surface area (Å²) in [7, 11) is 0. The molecule has 2 aromatic carbocycles. The van der Waals surface area contributed by atoms with Crippen LogP contribution in [0.2, 0.25) is 5.02 Å². The monoisotopic (exact) mass is 383 g/mol. The molecule has 4 nitrogen and oxygen atoms in total. The number of hydrazine groups is 1. The zero-order valence-electron chi connectivity index (χ0n) is 13.8. The SMILES string of the molecule is Cc1ccc(C2CC(C(=O)Nc3ccc(Cl)c(C(F)(F)F)c3)NN2)cc1. The van der Waals surface area contributed by atoms with Crippen molar-refractivity contribution in [2.75, 3.05) is 5.32 Å². The number of hydrogen-bond donors (Lipinski definition) is 3. The minimum atomic E-state index is -4.58. The van der Waals surface area contributed by atoms with Crippen molar-refractivity contribution in [1.29, 1.82) is 0 Å². The number of amides is 1. The van der Waals surface area contributed by atoms with Crippen molar-refractivity contribution in [3.8, 4) is 0 Å². The highest BCUT2D eigenvalue weighted by Crippen LogP contribution is 2.36. The van der Waals surface area contributed by atoms with Crippen molar-refractivity contribution >= 4 is 23.2 Å². The van der Waals surface area contributed by atoms with E-state index in [1.165, 1.54) is 6.07 Å². The van der Waals surface area contributed by atoms with Gasteiger partial charge in [0.1, 0.15) is 6.04 Å². The average Bonchev–Trinajstić information content (AvgIpc) is 3.06. The smallest absolute Gasteiger partial charge is 0.325 e. The van der Waals surface area contributed by atoms with E-state index in [0.29, 0.717) is 6.42 Å². The maximum absolute atomic E-state index is 12.9. The van der Waals surface area contributed by atoms with Crippen molar-refractivity contribution in [3.63, 3.8) is 0 Å². The van der Waals surface area contributed by atoms with Crippen LogP contribution < -0.4 is 16.2 Å². The van der Waals surface area contributed by atoms with Gasteiger partial charge in [0.15, 0.2) is 0 Å². The summed E-state index contributed by atoms with van der Waals surface area (Å²) in [6, 6.07) is 10.6. The van der Waals surface area contributed by atoms with Gasteiger partial charge in [0.05, 0.1) is 10.6 Å². The van der Waals surface area contributed by atoms with E-state index >= 15 is 0 Å². The van der Waals surface area contributed by atoms with Crippen LogP contribution in [0.5, 0.6) is 0 Å². The molecule has 0 aliphatic carbocycles. The molecule has 2 unspecified atom stereocenters. The first-order chi connectivity index (χ1) is 12.2. The van der Waals surface area contributed by atoms with Gasteiger partial charge in [-0.15, -0.1) is 0 Å². The fourth-order valence-corrected chi connectivity index (χ4v) is 3.02.